The average Bonchev–Trinajstić information content (AvgIpc) is 3.80. The Kier molecular flexibility index (Phi) is 10.2. The van der Waals surface area contributed by atoms with Gasteiger partial charge in [0.05, 0.1) is 5.56 Å². The predicted octanol–water partition coefficient (Wildman–Crippen LogP) is 15.5. The molecule has 0 aromatic heterocycles. The van der Waals surface area contributed by atoms with Gasteiger partial charge in [0.25, 0.3) is 0 Å². The molecule has 12 rings (SSSR count). The van der Waals surface area contributed by atoms with Crippen molar-refractivity contribution in [2.24, 2.45) is 0 Å². The van der Waals surface area contributed by atoms with Crippen molar-refractivity contribution < 1.29 is 9.90 Å². The maximum Gasteiger partial charge on any atom is 0.335 e. The topological polar surface area (TPSA) is 40.5 Å². The van der Waals surface area contributed by atoms with E-state index in [2.05, 4.69) is 229 Å². The Morgan fingerprint density at radius 1 is 0.338 bits per heavy atom. The van der Waals surface area contributed by atoms with E-state index in [1.54, 1.807) is 12.1 Å². The highest BCUT2D eigenvalue weighted by molar-refractivity contribution is 5.97. The van der Waals surface area contributed by atoms with E-state index in [1.165, 1.54) is 66.8 Å². The number of benzene rings is 10. The molecule has 0 bridgehead atoms. The van der Waals surface area contributed by atoms with Crippen molar-refractivity contribution in [1.29, 1.82) is 0 Å². The Morgan fingerprint density at radius 3 is 1.10 bits per heavy atom. The molecule has 0 atom stereocenters. The molecule has 0 saturated carbocycles. The summed E-state index contributed by atoms with van der Waals surface area (Å²) in [7, 11) is 0. The van der Waals surface area contributed by atoms with Gasteiger partial charge in [0.2, 0.25) is 0 Å². The van der Waals surface area contributed by atoms with E-state index in [4.69, 9.17) is 0 Å². The highest BCUT2D eigenvalue weighted by atomic mass is 16.4. The third-order valence-electron chi connectivity index (χ3n) is 14.7. The summed E-state index contributed by atoms with van der Waals surface area (Å²) in [6, 6.07) is 88.1. The zero-order valence-electron chi connectivity index (χ0n) is 37.7. The first-order valence-electron chi connectivity index (χ1n) is 23.7. The summed E-state index contributed by atoms with van der Waals surface area (Å²) in [4.78, 5) is 14.5. The highest BCUT2D eigenvalue weighted by Gasteiger charge is 2.45. The van der Waals surface area contributed by atoms with Gasteiger partial charge in [-0.2, -0.15) is 0 Å². The van der Waals surface area contributed by atoms with Crippen LogP contribution in [0.15, 0.2) is 243 Å². The van der Waals surface area contributed by atoms with E-state index in [9.17, 15) is 9.90 Å². The Hall–Kier alpha value is -8.27. The minimum atomic E-state index is -0.931. The second-order valence-electron chi connectivity index (χ2n) is 18.8. The summed E-state index contributed by atoms with van der Waals surface area (Å²) in [5.41, 5.74) is 18.4. The lowest BCUT2D eigenvalue weighted by Crippen LogP contribution is -2.31. The van der Waals surface area contributed by atoms with Gasteiger partial charge in [-0.3, -0.25) is 0 Å². The molecule has 0 spiro atoms. The molecule has 10 aromatic carbocycles. The summed E-state index contributed by atoms with van der Waals surface area (Å²) in [5, 5.41) is 11.8. The number of anilines is 3. The number of hydrogen-bond donors (Lipinski definition) is 1. The zero-order chi connectivity index (χ0) is 45.7. The summed E-state index contributed by atoms with van der Waals surface area (Å²) < 4.78 is 0. The number of carboxylic acid groups (broad SMARTS) is 1. The van der Waals surface area contributed by atoms with Crippen LogP contribution in [0.5, 0.6) is 0 Å². The van der Waals surface area contributed by atoms with Crippen LogP contribution in [0.4, 0.5) is 17.1 Å². The van der Waals surface area contributed by atoms with Crippen LogP contribution in [0.2, 0.25) is 0 Å². The number of aromatic carboxylic acids is 1. The lowest BCUT2D eigenvalue weighted by molar-refractivity contribution is 0.0697. The van der Waals surface area contributed by atoms with Gasteiger partial charge in [-0.1, -0.05) is 194 Å². The van der Waals surface area contributed by atoms with E-state index < -0.39 is 5.97 Å². The standard InChI is InChI=1S/C65H49NO2/c67-63(68)51-30-29-50-38-52(32-31-49(50)37-51)66(53-33-35-57-55-25-13-15-27-59(55)64(61(57)39-53,41-45-17-5-1-6-18-45)42-46-19-7-2-8-20-46)54-34-36-58-56-26-14-16-28-60(56)65(62(58)40-54,43-47-21-9-3-10-22-47)44-48-23-11-4-12-24-48/h1-40H,41-44H2,(H,67,68). The Morgan fingerprint density at radius 2 is 0.676 bits per heavy atom. The highest BCUT2D eigenvalue weighted by Crippen LogP contribution is 2.56. The lowest BCUT2D eigenvalue weighted by atomic mass is 9.69. The summed E-state index contributed by atoms with van der Waals surface area (Å²) in [5.74, 6) is -0.931. The molecule has 2 aliphatic carbocycles. The third kappa shape index (κ3) is 7.10. The van der Waals surface area contributed by atoms with Crippen LogP contribution in [0.1, 0.15) is 54.9 Å². The normalized spacial score (nSPS) is 13.6. The number of carbonyl (C=O) groups is 1. The van der Waals surface area contributed by atoms with Gasteiger partial charge >= 0.3 is 5.97 Å². The molecule has 10 aromatic rings. The van der Waals surface area contributed by atoms with E-state index in [0.29, 0.717) is 0 Å². The van der Waals surface area contributed by atoms with Gasteiger partial charge in [0, 0.05) is 27.9 Å². The molecule has 3 nitrogen and oxygen atoms in total. The Bertz CT molecular complexity index is 3220. The first kappa shape index (κ1) is 41.2. The minimum absolute atomic E-state index is 0.278. The number of nitrogens with zero attached hydrogens (tertiary/aromatic N) is 1. The summed E-state index contributed by atoms with van der Waals surface area (Å²) >= 11 is 0. The van der Waals surface area contributed by atoms with Gasteiger partial charge in [-0.05, 0) is 152 Å². The minimum Gasteiger partial charge on any atom is -0.478 e. The Labute approximate surface area is 398 Å². The first-order valence-corrected chi connectivity index (χ1v) is 23.7. The lowest BCUT2D eigenvalue weighted by Gasteiger charge is -2.35. The van der Waals surface area contributed by atoms with Gasteiger partial charge in [-0.15, -0.1) is 0 Å². The van der Waals surface area contributed by atoms with Crippen molar-refractivity contribution >= 4 is 33.8 Å². The van der Waals surface area contributed by atoms with Crippen LogP contribution in [0, 0.1) is 0 Å². The van der Waals surface area contributed by atoms with E-state index >= 15 is 0 Å². The maximum atomic E-state index is 12.1. The smallest absolute Gasteiger partial charge is 0.335 e. The molecule has 68 heavy (non-hydrogen) atoms. The second-order valence-corrected chi connectivity index (χ2v) is 18.8. The Balaban J connectivity index is 1.10. The molecule has 0 radical (unpaired) electrons. The SMILES string of the molecule is O=C(O)c1ccc2cc(N(c3ccc4c(c3)C(Cc3ccccc3)(Cc3ccccc3)c3ccccc3-4)c3ccc4c(c3)C(Cc3ccccc3)(Cc3ccccc3)c3ccccc3-4)ccc2c1. The molecular weight excluding hydrogens is 827 g/mol. The van der Waals surface area contributed by atoms with E-state index in [-0.39, 0.29) is 16.4 Å². The molecule has 0 fully saturated rings. The fraction of sp³-hybridized carbons (Fsp3) is 0.0923. The van der Waals surface area contributed by atoms with Crippen LogP contribution in [0.25, 0.3) is 33.0 Å². The van der Waals surface area contributed by atoms with Gasteiger partial charge in [-0.25, -0.2) is 4.79 Å². The van der Waals surface area contributed by atoms with Crippen LogP contribution < -0.4 is 4.90 Å². The van der Waals surface area contributed by atoms with Crippen molar-refractivity contribution in [1.82, 2.24) is 0 Å². The molecule has 0 aliphatic heterocycles. The fourth-order valence-corrected chi connectivity index (χ4v) is 11.8. The third-order valence-corrected chi connectivity index (χ3v) is 14.7. The predicted molar refractivity (Wildman–Crippen MR) is 279 cm³/mol. The van der Waals surface area contributed by atoms with Crippen molar-refractivity contribution in [2.75, 3.05) is 4.90 Å². The van der Waals surface area contributed by atoms with Crippen LogP contribution in [0.3, 0.4) is 0 Å². The maximum absolute atomic E-state index is 12.1. The van der Waals surface area contributed by atoms with Gasteiger partial charge < -0.3 is 10.0 Å². The second kappa shape index (κ2) is 16.9. The van der Waals surface area contributed by atoms with E-state index in [0.717, 1.165) is 53.5 Å². The molecule has 0 saturated heterocycles. The molecule has 326 valence electrons. The zero-order valence-corrected chi connectivity index (χ0v) is 37.7. The molecular formula is C65H49NO2. The van der Waals surface area contributed by atoms with Crippen molar-refractivity contribution in [3.05, 3.63) is 293 Å². The summed E-state index contributed by atoms with van der Waals surface area (Å²) in [6.45, 7) is 0. The number of carboxylic acids is 1. The van der Waals surface area contributed by atoms with E-state index in [1.807, 2.05) is 6.07 Å². The molecule has 3 heteroatoms. The van der Waals surface area contributed by atoms with Crippen LogP contribution in [-0.4, -0.2) is 11.1 Å². The first-order chi connectivity index (χ1) is 33.5. The summed E-state index contributed by atoms with van der Waals surface area (Å²) in [6.07, 6.45) is 3.38. The number of fused-ring (bicyclic) bond motifs is 7. The van der Waals surface area contributed by atoms with Gasteiger partial charge in [0.1, 0.15) is 0 Å². The van der Waals surface area contributed by atoms with Crippen molar-refractivity contribution in [2.45, 2.75) is 36.5 Å². The molecule has 1 N–H and O–H groups in total. The van der Waals surface area contributed by atoms with Crippen molar-refractivity contribution in [3.8, 4) is 22.3 Å². The fourth-order valence-electron chi connectivity index (χ4n) is 11.8. The van der Waals surface area contributed by atoms with Gasteiger partial charge in [0.15, 0.2) is 0 Å². The van der Waals surface area contributed by atoms with Crippen LogP contribution >= 0.6 is 0 Å². The molecule has 2 aliphatic rings. The molecule has 0 unspecified atom stereocenters. The molecule has 0 amide bonds. The number of hydrogen-bond acceptors (Lipinski definition) is 2. The molecule has 0 heterocycles. The van der Waals surface area contributed by atoms with Crippen LogP contribution in [-0.2, 0) is 36.5 Å². The average molecular weight is 876 g/mol. The quantitative estimate of drug-likeness (QED) is 0.133. The monoisotopic (exact) mass is 875 g/mol. The largest absolute Gasteiger partial charge is 0.478 e. The van der Waals surface area contributed by atoms with Crippen molar-refractivity contribution in [3.63, 3.8) is 0 Å². The number of rotatable bonds is 12.